The number of rotatable bonds is 6. The molecule has 1 aliphatic rings. The first-order chi connectivity index (χ1) is 9.15. The fourth-order valence-electron chi connectivity index (χ4n) is 2.85. The highest BCUT2D eigenvalue weighted by atomic mass is 15.1. The summed E-state index contributed by atoms with van der Waals surface area (Å²) < 4.78 is 0. The standard InChI is InChI=1S/C16H27N3/c1-18(2)11-4-3-5-14-10-12-19(13-14)16-8-6-15(17)7-9-16/h6-9,14H,3-5,10-13,17H2,1-2H3. The first-order valence-corrected chi connectivity index (χ1v) is 7.40. The molecule has 19 heavy (non-hydrogen) atoms. The Hall–Kier alpha value is -1.22. The predicted octanol–water partition coefficient (Wildman–Crippen LogP) is 2.83. The summed E-state index contributed by atoms with van der Waals surface area (Å²) in [4.78, 5) is 4.77. The second kappa shape index (κ2) is 6.80. The quantitative estimate of drug-likeness (QED) is 0.631. The van der Waals surface area contributed by atoms with Gasteiger partial charge in [-0.15, -0.1) is 0 Å². The van der Waals surface area contributed by atoms with Crippen LogP contribution in [0.4, 0.5) is 11.4 Å². The molecular weight excluding hydrogens is 234 g/mol. The van der Waals surface area contributed by atoms with Gasteiger partial charge in [0.2, 0.25) is 0 Å². The monoisotopic (exact) mass is 261 g/mol. The minimum Gasteiger partial charge on any atom is -0.399 e. The number of unbranched alkanes of at least 4 members (excludes halogenated alkanes) is 1. The Morgan fingerprint density at radius 1 is 1.21 bits per heavy atom. The fraction of sp³-hybridized carbons (Fsp3) is 0.625. The normalized spacial score (nSPS) is 19.3. The number of hydrogen-bond acceptors (Lipinski definition) is 3. The lowest BCUT2D eigenvalue weighted by Gasteiger charge is -2.19. The maximum atomic E-state index is 5.74. The van der Waals surface area contributed by atoms with Crippen LogP contribution in [0.15, 0.2) is 24.3 Å². The SMILES string of the molecule is CN(C)CCCCC1CCN(c2ccc(N)cc2)C1. The molecule has 2 N–H and O–H groups in total. The van der Waals surface area contributed by atoms with Gasteiger partial charge in [-0.05, 0) is 70.1 Å². The van der Waals surface area contributed by atoms with Gasteiger partial charge in [0.15, 0.2) is 0 Å². The van der Waals surface area contributed by atoms with E-state index in [4.69, 9.17) is 5.73 Å². The van der Waals surface area contributed by atoms with Crippen LogP contribution in [-0.4, -0.2) is 38.6 Å². The van der Waals surface area contributed by atoms with E-state index in [1.807, 2.05) is 12.1 Å². The van der Waals surface area contributed by atoms with Crippen molar-refractivity contribution >= 4 is 11.4 Å². The van der Waals surface area contributed by atoms with Crippen LogP contribution in [0.3, 0.4) is 0 Å². The Balaban J connectivity index is 1.72. The third-order valence-electron chi connectivity index (χ3n) is 4.01. The van der Waals surface area contributed by atoms with Gasteiger partial charge in [0.25, 0.3) is 0 Å². The van der Waals surface area contributed by atoms with Crippen LogP contribution >= 0.6 is 0 Å². The summed E-state index contributed by atoms with van der Waals surface area (Å²) in [6, 6.07) is 8.28. The summed E-state index contributed by atoms with van der Waals surface area (Å²) in [5, 5.41) is 0. The number of nitrogens with two attached hydrogens (primary N) is 1. The van der Waals surface area contributed by atoms with Crippen LogP contribution < -0.4 is 10.6 Å². The van der Waals surface area contributed by atoms with Gasteiger partial charge < -0.3 is 15.5 Å². The van der Waals surface area contributed by atoms with E-state index in [2.05, 4.69) is 36.0 Å². The van der Waals surface area contributed by atoms with E-state index in [1.165, 1.54) is 51.0 Å². The van der Waals surface area contributed by atoms with Gasteiger partial charge >= 0.3 is 0 Å². The van der Waals surface area contributed by atoms with Crippen molar-refractivity contribution in [3.8, 4) is 0 Å². The molecule has 0 saturated carbocycles. The Bertz CT molecular complexity index is 372. The molecule has 3 nitrogen and oxygen atoms in total. The van der Waals surface area contributed by atoms with Crippen molar-refractivity contribution < 1.29 is 0 Å². The highest BCUT2D eigenvalue weighted by molar-refractivity contribution is 5.53. The van der Waals surface area contributed by atoms with Crippen LogP contribution in [0, 0.1) is 5.92 Å². The van der Waals surface area contributed by atoms with Crippen molar-refractivity contribution in [1.82, 2.24) is 4.90 Å². The first kappa shape index (κ1) is 14.2. The summed E-state index contributed by atoms with van der Waals surface area (Å²) in [5.74, 6) is 0.875. The molecule has 0 spiro atoms. The number of hydrogen-bond donors (Lipinski definition) is 1. The maximum Gasteiger partial charge on any atom is 0.0367 e. The highest BCUT2D eigenvalue weighted by Crippen LogP contribution is 2.27. The molecule has 1 aromatic carbocycles. The summed E-state index contributed by atoms with van der Waals surface area (Å²) in [6.45, 7) is 3.63. The largest absolute Gasteiger partial charge is 0.399 e. The Labute approximate surface area is 117 Å². The predicted molar refractivity (Wildman–Crippen MR) is 83.6 cm³/mol. The van der Waals surface area contributed by atoms with Crippen LogP contribution in [0.5, 0.6) is 0 Å². The summed E-state index contributed by atoms with van der Waals surface area (Å²) in [5.41, 5.74) is 7.91. The molecule has 106 valence electrons. The molecular formula is C16H27N3. The number of nitrogen functional groups attached to an aromatic ring is 1. The number of nitrogens with zero attached hydrogens (tertiary/aromatic N) is 2. The highest BCUT2D eigenvalue weighted by Gasteiger charge is 2.21. The summed E-state index contributed by atoms with van der Waals surface area (Å²) in [6.07, 6.45) is 5.40. The molecule has 1 heterocycles. The first-order valence-electron chi connectivity index (χ1n) is 7.40. The summed E-state index contributed by atoms with van der Waals surface area (Å²) >= 11 is 0. The molecule has 1 aromatic rings. The average molecular weight is 261 g/mol. The lowest BCUT2D eigenvalue weighted by atomic mass is 10.0. The van der Waals surface area contributed by atoms with Crippen LogP contribution in [0.1, 0.15) is 25.7 Å². The minimum absolute atomic E-state index is 0.850. The Morgan fingerprint density at radius 2 is 1.95 bits per heavy atom. The lowest BCUT2D eigenvalue weighted by molar-refractivity contribution is 0.380. The molecule has 1 atom stereocenters. The zero-order chi connectivity index (χ0) is 13.7. The second-order valence-electron chi connectivity index (χ2n) is 5.99. The molecule has 2 rings (SSSR count). The molecule has 0 radical (unpaired) electrons. The molecule has 0 bridgehead atoms. The van der Waals surface area contributed by atoms with Gasteiger partial charge in [0.1, 0.15) is 0 Å². The third-order valence-corrected chi connectivity index (χ3v) is 4.01. The van der Waals surface area contributed by atoms with Crippen LogP contribution in [0.2, 0.25) is 0 Å². The summed E-state index contributed by atoms with van der Waals surface area (Å²) in [7, 11) is 4.30. The lowest BCUT2D eigenvalue weighted by Crippen LogP contribution is -2.19. The van der Waals surface area contributed by atoms with Crippen LogP contribution in [0.25, 0.3) is 0 Å². The van der Waals surface area contributed by atoms with E-state index in [-0.39, 0.29) is 0 Å². The zero-order valence-corrected chi connectivity index (χ0v) is 12.3. The van der Waals surface area contributed by atoms with E-state index in [1.54, 1.807) is 0 Å². The van der Waals surface area contributed by atoms with Gasteiger partial charge in [-0.3, -0.25) is 0 Å². The van der Waals surface area contributed by atoms with Gasteiger partial charge in [0.05, 0.1) is 0 Å². The maximum absolute atomic E-state index is 5.74. The number of benzene rings is 1. The topological polar surface area (TPSA) is 32.5 Å². The molecule has 0 aliphatic carbocycles. The van der Waals surface area contributed by atoms with Crippen molar-refractivity contribution in [3.63, 3.8) is 0 Å². The van der Waals surface area contributed by atoms with E-state index < -0.39 is 0 Å². The Morgan fingerprint density at radius 3 is 2.63 bits per heavy atom. The third kappa shape index (κ3) is 4.43. The van der Waals surface area contributed by atoms with Crippen molar-refractivity contribution in [3.05, 3.63) is 24.3 Å². The van der Waals surface area contributed by atoms with Gasteiger partial charge in [-0.25, -0.2) is 0 Å². The molecule has 1 fully saturated rings. The van der Waals surface area contributed by atoms with Gasteiger partial charge in [-0.1, -0.05) is 6.42 Å². The zero-order valence-electron chi connectivity index (χ0n) is 12.3. The minimum atomic E-state index is 0.850. The Kier molecular flexibility index (Phi) is 5.08. The van der Waals surface area contributed by atoms with E-state index in [0.717, 1.165) is 11.6 Å². The van der Waals surface area contributed by atoms with Crippen molar-refractivity contribution in [2.24, 2.45) is 5.92 Å². The second-order valence-corrected chi connectivity index (χ2v) is 5.99. The van der Waals surface area contributed by atoms with E-state index in [9.17, 15) is 0 Å². The van der Waals surface area contributed by atoms with Crippen molar-refractivity contribution in [2.45, 2.75) is 25.7 Å². The fourth-order valence-corrected chi connectivity index (χ4v) is 2.85. The molecule has 1 saturated heterocycles. The van der Waals surface area contributed by atoms with Crippen LogP contribution in [-0.2, 0) is 0 Å². The molecule has 3 heteroatoms. The van der Waals surface area contributed by atoms with E-state index >= 15 is 0 Å². The van der Waals surface area contributed by atoms with Gasteiger partial charge in [-0.2, -0.15) is 0 Å². The van der Waals surface area contributed by atoms with Gasteiger partial charge in [0, 0.05) is 24.5 Å². The van der Waals surface area contributed by atoms with Crippen molar-refractivity contribution in [2.75, 3.05) is 44.4 Å². The molecule has 0 aromatic heterocycles. The van der Waals surface area contributed by atoms with E-state index in [0.29, 0.717) is 0 Å². The number of anilines is 2. The average Bonchev–Trinajstić information content (AvgIpc) is 2.84. The molecule has 0 amide bonds. The molecule has 1 unspecified atom stereocenters. The molecule has 1 aliphatic heterocycles. The smallest absolute Gasteiger partial charge is 0.0367 e. The van der Waals surface area contributed by atoms with Crippen molar-refractivity contribution in [1.29, 1.82) is 0 Å².